The van der Waals surface area contributed by atoms with Crippen LogP contribution in [0.25, 0.3) is 0 Å². The number of aromatic nitrogens is 1. The van der Waals surface area contributed by atoms with Gasteiger partial charge in [-0.15, -0.1) is 0 Å². The lowest BCUT2D eigenvalue weighted by atomic mass is 9.74. The van der Waals surface area contributed by atoms with Crippen LogP contribution in [0.2, 0.25) is 0 Å². The Morgan fingerprint density at radius 3 is 3.08 bits per heavy atom. The van der Waals surface area contributed by atoms with Crippen molar-refractivity contribution in [1.82, 2.24) is 15.2 Å². The van der Waals surface area contributed by atoms with Crippen molar-refractivity contribution in [2.24, 2.45) is 0 Å². The molecule has 2 N–H and O–H groups in total. The van der Waals surface area contributed by atoms with Gasteiger partial charge in [0.2, 0.25) is 0 Å². The largest absolute Gasteiger partial charge is 0.364 e. The summed E-state index contributed by atoms with van der Waals surface area (Å²) in [5, 5.41) is 3.49. The molecule has 0 unspecified atom stereocenters. The number of hydrogen-bond acceptors (Lipinski definition) is 2. The van der Waals surface area contributed by atoms with E-state index in [1.54, 1.807) is 0 Å². The summed E-state index contributed by atoms with van der Waals surface area (Å²) in [5.74, 6) is 0. The van der Waals surface area contributed by atoms with Gasteiger partial charge in [0.25, 0.3) is 0 Å². The Labute approximate surface area is 78.1 Å². The molecule has 0 saturated carbocycles. The summed E-state index contributed by atoms with van der Waals surface area (Å²) in [6.07, 6.45) is 2.07. The summed E-state index contributed by atoms with van der Waals surface area (Å²) in [7, 11) is 2.18. The van der Waals surface area contributed by atoms with E-state index in [9.17, 15) is 0 Å². The van der Waals surface area contributed by atoms with Gasteiger partial charge in [0.15, 0.2) is 0 Å². The maximum atomic E-state index is 3.49. The summed E-state index contributed by atoms with van der Waals surface area (Å²) >= 11 is 0. The maximum absolute atomic E-state index is 3.49. The highest BCUT2D eigenvalue weighted by Gasteiger charge is 2.45. The first-order valence-corrected chi connectivity index (χ1v) is 4.86. The highest BCUT2D eigenvalue weighted by molar-refractivity contribution is 5.35. The number of aromatic amines is 1. The van der Waals surface area contributed by atoms with Gasteiger partial charge < -0.3 is 15.2 Å². The van der Waals surface area contributed by atoms with Crippen molar-refractivity contribution in [2.45, 2.75) is 12.0 Å². The predicted molar refractivity (Wildman–Crippen MR) is 51.7 cm³/mol. The molecule has 2 aliphatic rings. The van der Waals surface area contributed by atoms with Crippen LogP contribution in [0.4, 0.5) is 0 Å². The molecule has 0 aliphatic carbocycles. The van der Waals surface area contributed by atoms with E-state index >= 15 is 0 Å². The van der Waals surface area contributed by atoms with E-state index in [2.05, 4.69) is 34.5 Å². The molecule has 70 valence electrons. The number of fused-ring (bicyclic) bond motifs is 2. The quantitative estimate of drug-likeness (QED) is 0.597. The van der Waals surface area contributed by atoms with Crippen LogP contribution in [0.1, 0.15) is 11.3 Å². The Bertz CT molecular complexity index is 323. The van der Waals surface area contributed by atoms with Crippen LogP contribution >= 0.6 is 0 Å². The average Bonchev–Trinajstić information content (AvgIpc) is 2.50. The van der Waals surface area contributed by atoms with Crippen LogP contribution in [-0.2, 0) is 12.0 Å². The molecular weight excluding hydrogens is 162 g/mol. The molecule has 0 aromatic carbocycles. The van der Waals surface area contributed by atoms with Crippen molar-refractivity contribution < 1.29 is 0 Å². The van der Waals surface area contributed by atoms with E-state index in [4.69, 9.17) is 0 Å². The van der Waals surface area contributed by atoms with Crippen LogP contribution in [0.15, 0.2) is 12.3 Å². The minimum absolute atomic E-state index is 0.395. The summed E-state index contributed by atoms with van der Waals surface area (Å²) in [5.41, 5.74) is 3.33. The molecule has 1 spiro atoms. The van der Waals surface area contributed by atoms with Gasteiger partial charge in [0, 0.05) is 43.5 Å². The molecule has 2 aliphatic heterocycles. The molecule has 0 bridgehead atoms. The van der Waals surface area contributed by atoms with Crippen molar-refractivity contribution in [2.75, 3.05) is 26.7 Å². The fourth-order valence-electron chi connectivity index (χ4n) is 2.82. The van der Waals surface area contributed by atoms with Gasteiger partial charge in [0.05, 0.1) is 0 Å². The second-order valence-electron chi connectivity index (χ2n) is 4.43. The minimum atomic E-state index is 0.395. The molecule has 13 heavy (non-hydrogen) atoms. The third-order valence-corrected chi connectivity index (χ3v) is 3.29. The lowest BCUT2D eigenvalue weighted by molar-refractivity contribution is 0.0824. The number of likely N-dealkylation sites (N-methyl/N-ethyl adjacent to an activating group) is 1. The molecule has 3 heteroatoms. The molecule has 3 nitrogen and oxygen atoms in total. The first-order valence-electron chi connectivity index (χ1n) is 4.86. The first kappa shape index (κ1) is 7.59. The third kappa shape index (κ3) is 0.914. The van der Waals surface area contributed by atoms with Crippen molar-refractivity contribution in [3.05, 3.63) is 23.5 Å². The maximum Gasteiger partial charge on any atom is 0.0485 e. The Morgan fingerprint density at radius 2 is 2.31 bits per heavy atom. The van der Waals surface area contributed by atoms with Crippen LogP contribution in [-0.4, -0.2) is 36.6 Å². The summed E-state index contributed by atoms with van der Waals surface area (Å²) in [6, 6.07) is 2.20. The lowest BCUT2D eigenvalue weighted by Gasteiger charge is -2.50. The number of H-pyrrole nitrogens is 1. The number of nitrogens with zero attached hydrogens (tertiary/aromatic N) is 1. The molecule has 0 amide bonds. The van der Waals surface area contributed by atoms with E-state index in [0.29, 0.717) is 5.41 Å². The molecule has 0 radical (unpaired) electrons. The summed E-state index contributed by atoms with van der Waals surface area (Å²) in [6.45, 7) is 4.54. The molecule has 0 atom stereocenters. The highest BCUT2D eigenvalue weighted by atomic mass is 15.2. The zero-order chi connectivity index (χ0) is 8.89. The van der Waals surface area contributed by atoms with E-state index in [1.807, 2.05) is 0 Å². The molecule has 1 fully saturated rings. The molecule has 1 saturated heterocycles. The number of hydrogen-bond donors (Lipinski definition) is 2. The zero-order valence-electron chi connectivity index (χ0n) is 7.93. The Kier molecular flexibility index (Phi) is 1.38. The fraction of sp³-hybridized carbons (Fsp3) is 0.600. The summed E-state index contributed by atoms with van der Waals surface area (Å²) < 4.78 is 0. The zero-order valence-corrected chi connectivity index (χ0v) is 7.93. The van der Waals surface area contributed by atoms with Gasteiger partial charge in [-0.05, 0) is 18.7 Å². The lowest BCUT2D eigenvalue weighted by Crippen LogP contribution is -2.63. The monoisotopic (exact) mass is 177 g/mol. The molecular formula is C10H15N3. The molecule has 1 aromatic rings. The molecule has 1 aromatic heterocycles. The average molecular weight is 177 g/mol. The second-order valence-corrected chi connectivity index (χ2v) is 4.43. The van der Waals surface area contributed by atoms with Gasteiger partial charge in [-0.25, -0.2) is 0 Å². The Balaban J connectivity index is 2.01. The van der Waals surface area contributed by atoms with Gasteiger partial charge in [-0.1, -0.05) is 0 Å². The van der Waals surface area contributed by atoms with Crippen molar-refractivity contribution in [1.29, 1.82) is 0 Å². The van der Waals surface area contributed by atoms with Gasteiger partial charge in [-0.2, -0.15) is 0 Å². The Morgan fingerprint density at radius 1 is 1.46 bits per heavy atom. The third-order valence-electron chi connectivity index (χ3n) is 3.29. The van der Waals surface area contributed by atoms with Gasteiger partial charge in [0.1, 0.15) is 0 Å². The summed E-state index contributed by atoms with van der Waals surface area (Å²) in [4.78, 5) is 5.78. The normalized spacial score (nSPS) is 25.6. The smallest absolute Gasteiger partial charge is 0.0485 e. The number of nitrogens with one attached hydrogen (secondary N) is 2. The highest BCUT2D eigenvalue weighted by Crippen LogP contribution is 2.36. The second kappa shape index (κ2) is 2.36. The standard InChI is InChI=1S/C10H15N3/c1-13-6-10(7-13)5-11-4-8-2-3-12-9(8)10/h2-3,11-12H,4-7H2,1H3. The molecule has 3 rings (SSSR count). The fourth-order valence-corrected chi connectivity index (χ4v) is 2.82. The van der Waals surface area contributed by atoms with Gasteiger partial charge >= 0.3 is 0 Å². The molecule has 3 heterocycles. The topological polar surface area (TPSA) is 31.1 Å². The van der Waals surface area contributed by atoms with E-state index < -0.39 is 0 Å². The van der Waals surface area contributed by atoms with E-state index in [0.717, 1.165) is 13.1 Å². The van der Waals surface area contributed by atoms with Crippen LogP contribution in [0.5, 0.6) is 0 Å². The van der Waals surface area contributed by atoms with Crippen LogP contribution in [0, 0.1) is 0 Å². The van der Waals surface area contributed by atoms with Crippen molar-refractivity contribution in [3.63, 3.8) is 0 Å². The van der Waals surface area contributed by atoms with Crippen LogP contribution < -0.4 is 5.32 Å². The number of likely N-dealkylation sites (tertiary alicyclic amines) is 1. The number of rotatable bonds is 0. The van der Waals surface area contributed by atoms with Crippen molar-refractivity contribution >= 4 is 0 Å². The minimum Gasteiger partial charge on any atom is -0.364 e. The first-order chi connectivity index (χ1) is 6.30. The van der Waals surface area contributed by atoms with E-state index in [-0.39, 0.29) is 0 Å². The predicted octanol–water partition coefficient (Wildman–Crippen LogP) is 0.301. The SMILES string of the molecule is CN1CC2(CNCc3cc[nH]c32)C1. The van der Waals surface area contributed by atoms with E-state index in [1.165, 1.54) is 24.3 Å². The van der Waals surface area contributed by atoms with Crippen LogP contribution in [0.3, 0.4) is 0 Å². The Hall–Kier alpha value is -0.800. The van der Waals surface area contributed by atoms with Crippen molar-refractivity contribution in [3.8, 4) is 0 Å². The van der Waals surface area contributed by atoms with Gasteiger partial charge in [-0.3, -0.25) is 0 Å².